The van der Waals surface area contributed by atoms with Crippen molar-refractivity contribution in [3.05, 3.63) is 45.1 Å². The molecule has 2 aromatic rings. The summed E-state index contributed by atoms with van der Waals surface area (Å²) in [5.41, 5.74) is 1.14. The second-order valence-electron chi connectivity index (χ2n) is 4.25. The Morgan fingerprint density at radius 2 is 1.90 bits per heavy atom. The number of rotatable bonds is 3. The molecule has 6 nitrogen and oxygen atoms in total. The molecular weight excluding hydrogens is 362 g/mol. The molecule has 110 valence electrons. The molecule has 21 heavy (non-hydrogen) atoms. The van der Waals surface area contributed by atoms with Gasteiger partial charge in [0.2, 0.25) is 0 Å². The number of carbonyl (C=O) groups excluding carboxylic acids is 1. The molecule has 8 heteroatoms. The maximum Gasteiger partial charge on any atom is 0.354 e. The van der Waals surface area contributed by atoms with Gasteiger partial charge in [0.05, 0.1) is 16.4 Å². The van der Waals surface area contributed by atoms with E-state index in [1.807, 2.05) is 0 Å². The lowest BCUT2D eigenvalue weighted by Crippen LogP contribution is -2.20. The summed E-state index contributed by atoms with van der Waals surface area (Å²) in [6, 6.07) is 5.96. The molecule has 0 aliphatic heterocycles. The Hall–Kier alpha value is -1.99. The number of carboxylic acids is 1. The molecule has 1 aromatic heterocycles. The number of benzene rings is 1. The van der Waals surface area contributed by atoms with Crippen LogP contribution in [0.15, 0.2) is 28.7 Å². The SMILES string of the molecule is Cc1cc(NC(=O)Nc2cc(Br)ccc2Cl)c(C(=O)O)[nH]1. The molecular formula is C13H11BrClN3O3. The molecule has 0 aliphatic rings. The third-order valence-corrected chi connectivity index (χ3v) is 3.41. The summed E-state index contributed by atoms with van der Waals surface area (Å²) >= 11 is 9.24. The van der Waals surface area contributed by atoms with Crippen LogP contribution < -0.4 is 10.6 Å². The molecule has 2 amide bonds. The zero-order valence-corrected chi connectivity index (χ0v) is 13.2. The second-order valence-corrected chi connectivity index (χ2v) is 5.57. The standard InChI is InChI=1S/C13H11BrClN3O3/c1-6-4-10(11(16-6)12(19)20)18-13(21)17-9-5-7(14)2-3-8(9)15/h2-5,16H,1H3,(H,19,20)(H2,17,18,21). The highest BCUT2D eigenvalue weighted by molar-refractivity contribution is 9.10. The molecule has 0 bridgehead atoms. The first-order chi connectivity index (χ1) is 9.86. The topological polar surface area (TPSA) is 94.2 Å². The smallest absolute Gasteiger partial charge is 0.354 e. The number of aromatic carboxylic acids is 1. The predicted octanol–water partition coefficient (Wildman–Crippen LogP) is 4.08. The van der Waals surface area contributed by atoms with Crippen molar-refractivity contribution < 1.29 is 14.7 Å². The van der Waals surface area contributed by atoms with Crippen LogP contribution in [-0.4, -0.2) is 22.1 Å². The number of hydrogen-bond donors (Lipinski definition) is 4. The maximum atomic E-state index is 11.9. The molecule has 1 aromatic carbocycles. The largest absolute Gasteiger partial charge is 0.477 e. The number of H-pyrrole nitrogens is 1. The third kappa shape index (κ3) is 3.77. The van der Waals surface area contributed by atoms with E-state index in [-0.39, 0.29) is 11.4 Å². The third-order valence-electron chi connectivity index (χ3n) is 2.59. The average molecular weight is 373 g/mol. The summed E-state index contributed by atoms with van der Waals surface area (Å²) in [5, 5.41) is 14.4. The van der Waals surface area contributed by atoms with Gasteiger partial charge in [0.1, 0.15) is 5.69 Å². The van der Waals surface area contributed by atoms with Crippen molar-refractivity contribution >= 4 is 50.9 Å². The molecule has 0 saturated carbocycles. The minimum absolute atomic E-state index is 0.0806. The van der Waals surface area contributed by atoms with Crippen LogP contribution in [0.4, 0.5) is 16.2 Å². The quantitative estimate of drug-likeness (QED) is 0.654. The van der Waals surface area contributed by atoms with Gasteiger partial charge in [0, 0.05) is 10.2 Å². The van der Waals surface area contributed by atoms with Gasteiger partial charge in [-0.05, 0) is 31.2 Å². The zero-order valence-electron chi connectivity index (χ0n) is 10.8. The van der Waals surface area contributed by atoms with Crippen molar-refractivity contribution in [2.24, 2.45) is 0 Å². The van der Waals surface area contributed by atoms with Gasteiger partial charge in [0.25, 0.3) is 0 Å². The minimum atomic E-state index is -1.15. The van der Waals surface area contributed by atoms with Crippen LogP contribution in [-0.2, 0) is 0 Å². The summed E-state index contributed by atoms with van der Waals surface area (Å²) in [6.45, 7) is 1.70. The molecule has 0 unspecified atom stereocenters. The lowest BCUT2D eigenvalue weighted by molar-refractivity contribution is 0.0692. The first kappa shape index (κ1) is 15.4. The second kappa shape index (κ2) is 6.19. The van der Waals surface area contributed by atoms with Crippen LogP contribution in [0.1, 0.15) is 16.2 Å². The summed E-state index contributed by atoms with van der Waals surface area (Å²) in [5.74, 6) is -1.15. The van der Waals surface area contributed by atoms with E-state index >= 15 is 0 Å². The van der Waals surface area contributed by atoms with Gasteiger partial charge in [-0.2, -0.15) is 0 Å². The number of anilines is 2. The molecule has 0 aliphatic carbocycles. The molecule has 0 atom stereocenters. The molecule has 1 heterocycles. The van der Waals surface area contributed by atoms with Crippen LogP contribution in [0.3, 0.4) is 0 Å². The Morgan fingerprint density at radius 3 is 2.57 bits per heavy atom. The van der Waals surface area contributed by atoms with E-state index in [1.54, 1.807) is 25.1 Å². The van der Waals surface area contributed by atoms with Gasteiger partial charge in [-0.25, -0.2) is 9.59 Å². The Labute approximate surface area is 133 Å². The van der Waals surface area contributed by atoms with Gasteiger partial charge in [0.15, 0.2) is 0 Å². The van der Waals surface area contributed by atoms with Crippen molar-refractivity contribution in [2.75, 3.05) is 10.6 Å². The van der Waals surface area contributed by atoms with Crippen LogP contribution in [0.5, 0.6) is 0 Å². The molecule has 0 spiro atoms. The monoisotopic (exact) mass is 371 g/mol. The van der Waals surface area contributed by atoms with E-state index in [4.69, 9.17) is 16.7 Å². The predicted molar refractivity (Wildman–Crippen MR) is 84.3 cm³/mol. The highest BCUT2D eigenvalue weighted by Gasteiger charge is 2.15. The van der Waals surface area contributed by atoms with E-state index < -0.39 is 12.0 Å². The number of carboxylic acid groups (broad SMARTS) is 1. The van der Waals surface area contributed by atoms with Crippen LogP contribution in [0.2, 0.25) is 5.02 Å². The van der Waals surface area contributed by atoms with E-state index in [0.717, 1.165) is 4.47 Å². The highest BCUT2D eigenvalue weighted by Crippen LogP contribution is 2.26. The van der Waals surface area contributed by atoms with Crippen molar-refractivity contribution in [1.29, 1.82) is 0 Å². The lowest BCUT2D eigenvalue weighted by atomic mass is 10.3. The van der Waals surface area contributed by atoms with Crippen molar-refractivity contribution in [3.63, 3.8) is 0 Å². The van der Waals surface area contributed by atoms with E-state index in [0.29, 0.717) is 16.4 Å². The number of aromatic amines is 1. The first-order valence-electron chi connectivity index (χ1n) is 5.83. The van der Waals surface area contributed by atoms with Crippen LogP contribution in [0, 0.1) is 6.92 Å². The normalized spacial score (nSPS) is 10.2. The fourth-order valence-corrected chi connectivity index (χ4v) is 2.25. The number of nitrogens with one attached hydrogen (secondary N) is 3. The zero-order chi connectivity index (χ0) is 15.6. The van der Waals surface area contributed by atoms with Crippen molar-refractivity contribution in [2.45, 2.75) is 6.92 Å². The number of carbonyl (C=O) groups is 2. The number of aryl methyl sites for hydroxylation is 1. The Bertz CT molecular complexity index is 715. The number of aromatic nitrogens is 1. The molecule has 0 radical (unpaired) electrons. The number of amides is 2. The highest BCUT2D eigenvalue weighted by atomic mass is 79.9. The summed E-state index contributed by atoms with van der Waals surface area (Å²) < 4.78 is 0.755. The van der Waals surface area contributed by atoms with Gasteiger partial charge in [-0.1, -0.05) is 27.5 Å². The number of halogens is 2. The molecule has 0 fully saturated rings. The maximum absolute atomic E-state index is 11.9. The van der Waals surface area contributed by atoms with Gasteiger partial charge in [-0.3, -0.25) is 0 Å². The van der Waals surface area contributed by atoms with Crippen molar-refractivity contribution in [3.8, 4) is 0 Å². The van der Waals surface area contributed by atoms with Gasteiger partial charge >= 0.3 is 12.0 Å². The number of urea groups is 1. The summed E-state index contributed by atoms with van der Waals surface area (Å²) in [6.07, 6.45) is 0. The van der Waals surface area contributed by atoms with E-state index in [9.17, 15) is 9.59 Å². The summed E-state index contributed by atoms with van der Waals surface area (Å²) in [7, 11) is 0. The average Bonchev–Trinajstić information content (AvgIpc) is 2.75. The molecule has 4 N–H and O–H groups in total. The van der Waals surface area contributed by atoms with Crippen LogP contribution in [0.25, 0.3) is 0 Å². The lowest BCUT2D eigenvalue weighted by Gasteiger charge is -2.09. The van der Waals surface area contributed by atoms with E-state index in [1.165, 1.54) is 6.07 Å². The number of hydrogen-bond acceptors (Lipinski definition) is 2. The van der Waals surface area contributed by atoms with Gasteiger partial charge < -0.3 is 20.7 Å². The van der Waals surface area contributed by atoms with Crippen LogP contribution >= 0.6 is 27.5 Å². The minimum Gasteiger partial charge on any atom is -0.477 e. The first-order valence-corrected chi connectivity index (χ1v) is 7.00. The Balaban J connectivity index is 2.15. The van der Waals surface area contributed by atoms with Crippen molar-refractivity contribution in [1.82, 2.24) is 4.98 Å². The Morgan fingerprint density at radius 1 is 1.24 bits per heavy atom. The fourth-order valence-electron chi connectivity index (χ4n) is 1.73. The fraction of sp³-hybridized carbons (Fsp3) is 0.0769. The molecule has 0 saturated heterocycles. The van der Waals surface area contributed by atoms with Gasteiger partial charge in [-0.15, -0.1) is 0 Å². The summed E-state index contributed by atoms with van der Waals surface area (Å²) in [4.78, 5) is 25.6. The Kier molecular flexibility index (Phi) is 4.54. The van der Waals surface area contributed by atoms with E-state index in [2.05, 4.69) is 31.5 Å². The molecule has 2 rings (SSSR count).